The van der Waals surface area contributed by atoms with E-state index < -0.39 is 5.60 Å². The summed E-state index contributed by atoms with van der Waals surface area (Å²) in [5, 5.41) is 11.1. The number of carbonyl (C=O) groups excluding carboxylic acids is 1. The van der Waals surface area contributed by atoms with Crippen molar-refractivity contribution in [1.82, 2.24) is 4.90 Å². The molecule has 1 aromatic rings. The summed E-state index contributed by atoms with van der Waals surface area (Å²) in [5.41, 5.74) is 0.300. The Labute approximate surface area is 126 Å². The molecule has 1 aliphatic rings. The van der Waals surface area contributed by atoms with Crippen molar-refractivity contribution < 1.29 is 14.6 Å². The van der Waals surface area contributed by atoms with E-state index in [0.717, 1.165) is 17.9 Å². The van der Waals surface area contributed by atoms with Gasteiger partial charge in [-0.25, -0.2) is 0 Å². The second kappa shape index (κ2) is 6.58. The second-order valence-electron chi connectivity index (χ2n) is 6.23. The molecule has 1 N–H and O–H groups in total. The summed E-state index contributed by atoms with van der Waals surface area (Å²) in [4.78, 5) is 13.6. The molecule has 21 heavy (non-hydrogen) atoms. The van der Waals surface area contributed by atoms with E-state index in [0.29, 0.717) is 25.7 Å². The van der Waals surface area contributed by atoms with E-state index in [9.17, 15) is 9.90 Å². The zero-order valence-electron chi connectivity index (χ0n) is 13.1. The maximum atomic E-state index is 11.5. The van der Waals surface area contributed by atoms with Gasteiger partial charge in [0, 0.05) is 25.3 Å². The Morgan fingerprint density at radius 1 is 1.24 bits per heavy atom. The van der Waals surface area contributed by atoms with Crippen molar-refractivity contribution in [2.24, 2.45) is 0 Å². The zero-order chi connectivity index (χ0) is 15.5. The third-order valence-electron chi connectivity index (χ3n) is 4.39. The zero-order valence-corrected chi connectivity index (χ0v) is 13.1. The molecule has 1 aromatic carbocycles. The Kier molecular flexibility index (Phi) is 5.01. The summed E-state index contributed by atoms with van der Waals surface area (Å²) in [6.07, 6.45) is 2.07. The van der Waals surface area contributed by atoms with Crippen LogP contribution in [-0.4, -0.2) is 49.1 Å². The van der Waals surface area contributed by atoms with Crippen LogP contribution < -0.4 is 4.74 Å². The number of rotatable bonds is 5. The van der Waals surface area contributed by atoms with Crippen molar-refractivity contribution in [2.45, 2.75) is 37.2 Å². The summed E-state index contributed by atoms with van der Waals surface area (Å²) in [6, 6.07) is 7.88. The van der Waals surface area contributed by atoms with Gasteiger partial charge in [0.2, 0.25) is 0 Å². The number of nitrogens with zero attached hydrogens (tertiary/aromatic N) is 1. The molecular formula is C17H25NO3. The van der Waals surface area contributed by atoms with E-state index in [4.69, 9.17) is 4.74 Å². The van der Waals surface area contributed by atoms with Crippen LogP contribution >= 0.6 is 0 Å². The third-order valence-corrected chi connectivity index (χ3v) is 4.39. The largest absolute Gasteiger partial charge is 0.497 e. The van der Waals surface area contributed by atoms with E-state index in [1.165, 1.54) is 0 Å². The van der Waals surface area contributed by atoms with Gasteiger partial charge < -0.3 is 14.7 Å². The van der Waals surface area contributed by atoms with Gasteiger partial charge in [0.15, 0.2) is 0 Å². The van der Waals surface area contributed by atoms with Gasteiger partial charge in [0.05, 0.1) is 12.7 Å². The highest BCUT2D eigenvalue weighted by Crippen LogP contribution is 2.39. The first-order valence-corrected chi connectivity index (χ1v) is 7.47. The summed E-state index contributed by atoms with van der Waals surface area (Å²) < 4.78 is 5.20. The average molecular weight is 291 g/mol. The highest BCUT2D eigenvalue weighted by atomic mass is 16.5. The molecule has 1 saturated carbocycles. The van der Waals surface area contributed by atoms with Crippen LogP contribution in [-0.2, 0) is 4.79 Å². The highest BCUT2D eigenvalue weighted by molar-refractivity contribution is 5.79. The van der Waals surface area contributed by atoms with Gasteiger partial charge in [-0.1, -0.05) is 12.1 Å². The lowest BCUT2D eigenvalue weighted by molar-refractivity contribution is -0.126. The Bertz CT molecular complexity index is 471. The number of hydrogen-bond donors (Lipinski definition) is 1. The summed E-state index contributed by atoms with van der Waals surface area (Å²) >= 11 is 0. The predicted molar refractivity (Wildman–Crippen MR) is 82.7 cm³/mol. The van der Waals surface area contributed by atoms with Gasteiger partial charge in [-0.3, -0.25) is 4.79 Å². The molecule has 0 radical (unpaired) electrons. The van der Waals surface area contributed by atoms with E-state index in [-0.39, 0.29) is 11.7 Å². The SMILES string of the molecule is COc1ccc(C(CN(C)C)C2(O)CCC(=O)CC2)cc1. The Hall–Kier alpha value is -1.39. The van der Waals surface area contributed by atoms with Crippen LogP contribution in [0.5, 0.6) is 5.75 Å². The number of benzene rings is 1. The number of aliphatic hydroxyl groups is 1. The third kappa shape index (κ3) is 3.83. The van der Waals surface area contributed by atoms with Crippen LogP contribution in [0, 0.1) is 0 Å². The quantitative estimate of drug-likeness (QED) is 0.903. The lowest BCUT2D eigenvalue weighted by Gasteiger charge is -2.40. The molecule has 1 unspecified atom stereocenters. The van der Waals surface area contributed by atoms with Crippen molar-refractivity contribution in [3.05, 3.63) is 29.8 Å². The number of ketones is 1. The number of likely N-dealkylation sites (N-methyl/N-ethyl adjacent to an activating group) is 1. The molecule has 4 heteroatoms. The maximum absolute atomic E-state index is 11.5. The topological polar surface area (TPSA) is 49.8 Å². The number of carbonyl (C=O) groups is 1. The molecule has 0 saturated heterocycles. The van der Waals surface area contributed by atoms with Gasteiger partial charge in [-0.05, 0) is 44.6 Å². The lowest BCUT2D eigenvalue weighted by atomic mass is 9.72. The van der Waals surface area contributed by atoms with Crippen molar-refractivity contribution >= 4 is 5.78 Å². The van der Waals surface area contributed by atoms with Crippen LogP contribution in [0.15, 0.2) is 24.3 Å². The molecule has 0 amide bonds. The summed E-state index contributed by atoms with van der Waals surface area (Å²) in [5.74, 6) is 1.08. The van der Waals surface area contributed by atoms with Crippen molar-refractivity contribution in [3.63, 3.8) is 0 Å². The highest BCUT2D eigenvalue weighted by Gasteiger charge is 2.40. The minimum atomic E-state index is -0.799. The Morgan fingerprint density at radius 3 is 2.29 bits per heavy atom. The van der Waals surface area contributed by atoms with Gasteiger partial charge in [0.1, 0.15) is 11.5 Å². The molecule has 1 atom stereocenters. The first-order valence-electron chi connectivity index (χ1n) is 7.47. The van der Waals surface area contributed by atoms with Crippen LogP contribution in [0.3, 0.4) is 0 Å². The molecule has 0 heterocycles. The lowest BCUT2D eigenvalue weighted by Crippen LogP contribution is -2.44. The minimum absolute atomic E-state index is 0.00602. The first-order chi connectivity index (χ1) is 9.94. The second-order valence-corrected chi connectivity index (χ2v) is 6.23. The number of ether oxygens (including phenoxy) is 1. The fourth-order valence-electron chi connectivity index (χ4n) is 3.10. The van der Waals surface area contributed by atoms with Crippen molar-refractivity contribution in [2.75, 3.05) is 27.7 Å². The smallest absolute Gasteiger partial charge is 0.133 e. The average Bonchev–Trinajstić information content (AvgIpc) is 2.48. The van der Waals surface area contributed by atoms with Crippen LogP contribution in [0.25, 0.3) is 0 Å². The molecule has 0 aliphatic heterocycles. The van der Waals surface area contributed by atoms with E-state index in [2.05, 4.69) is 4.90 Å². The molecule has 4 nitrogen and oxygen atoms in total. The van der Waals surface area contributed by atoms with Gasteiger partial charge in [-0.2, -0.15) is 0 Å². The number of methoxy groups -OCH3 is 1. The first kappa shape index (κ1) is 16.0. The fraction of sp³-hybridized carbons (Fsp3) is 0.588. The maximum Gasteiger partial charge on any atom is 0.133 e. The molecule has 0 aromatic heterocycles. The Morgan fingerprint density at radius 2 is 1.81 bits per heavy atom. The standard InChI is InChI=1S/C17H25NO3/c1-18(2)12-16(13-4-6-15(21-3)7-5-13)17(20)10-8-14(19)9-11-17/h4-7,16,20H,8-12H2,1-3H3. The molecule has 0 bridgehead atoms. The molecule has 2 rings (SSSR count). The van der Waals surface area contributed by atoms with E-state index in [1.54, 1.807) is 7.11 Å². The predicted octanol–water partition coefficient (Wildman–Crippen LogP) is 2.21. The summed E-state index contributed by atoms with van der Waals surface area (Å²) in [6.45, 7) is 0.761. The van der Waals surface area contributed by atoms with Gasteiger partial charge >= 0.3 is 0 Å². The Balaban J connectivity index is 2.26. The number of hydrogen-bond acceptors (Lipinski definition) is 4. The normalized spacial score (nSPS) is 19.6. The van der Waals surface area contributed by atoms with Gasteiger partial charge in [0.25, 0.3) is 0 Å². The number of Topliss-reactive ketones (excluding diaryl/α,β-unsaturated/α-hetero) is 1. The fourth-order valence-corrected chi connectivity index (χ4v) is 3.10. The van der Waals surface area contributed by atoms with Crippen molar-refractivity contribution in [1.29, 1.82) is 0 Å². The van der Waals surface area contributed by atoms with Crippen LogP contribution in [0.1, 0.15) is 37.2 Å². The monoisotopic (exact) mass is 291 g/mol. The van der Waals surface area contributed by atoms with Crippen LogP contribution in [0.4, 0.5) is 0 Å². The van der Waals surface area contributed by atoms with Crippen LogP contribution in [0.2, 0.25) is 0 Å². The molecule has 1 fully saturated rings. The summed E-state index contributed by atoms with van der Waals surface area (Å²) in [7, 11) is 5.66. The molecule has 116 valence electrons. The minimum Gasteiger partial charge on any atom is -0.497 e. The molecule has 0 spiro atoms. The van der Waals surface area contributed by atoms with Crippen molar-refractivity contribution in [3.8, 4) is 5.75 Å². The van der Waals surface area contributed by atoms with E-state index in [1.807, 2.05) is 38.4 Å². The van der Waals surface area contributed by atoms with E-state index >= 15 is 0 Å². The molecule has 1 aliphatic carbocycles. The molecular weight excluding hydrogens is 266 g/mol. The van der Waals surface area contributed by atoms with Gasteiger partial charge in [-0.15, -0.1) is 0 Å².